The molecule has 1 unspecified atom stereocenters. The van der Waals surface area contributed by atoms with Gasteiger partial charge in [0, 0.05) is 17.8 Å². The van der Waals surface area contributed by atoms with Crippen LogP contribution in [0.15, 0.2) is 36.4 Å². The van der Waals surface area contributed by atoms with E-state index in [-0.39, 0.29) is 18.1 Å². The third-order valence-corrected chi connectivity index (χ3v) is 4.31. The Labute approximate surface area is 154 Å². The highest BCUT2D eigenvalue weighted by Crippen LogP contribution is 2.40. The Morgan fingerprint density at radius 2 is 1.72 bits per heavy atom. The third-order valence-electron chi connectivity index (χ3n) is 3.57. The first kappa shape index (κ1) is 19.1. The minimum Gasteiger partial charge on any atom is -0.493 e. The van der Waals surface area contributed by atoms with Crippen LogP contribution in [0.25, 0.3) is 0 Å². The number of rotatable bonds is 7. The number of benzene rings is 2. The van der Waals surface area contributed by atoms with Gasteiger partial charge in [0.15, 0.2) is 11.5 Å². The quantitative estimate of drug-likeness (QED) is 0.704. The number of ether oxygens (including phenoxy) is 3. The summed E-state index contributed by atoms with van der Waals surface area (Å²) < 4.78 is 29.5. The smallest absolute Gasteiger partial charge is 0.238 e. The summed E-state index contributed by atoms with van der Waals surface area (Å²) in [5.41, 5.74) is 0.946. The zero-order valence-corrected chi connectivity index (χ0v) is 15.7. The van der Waals surface area contributed by atoms with Crippen molar-refractivity contribution in [3.63, 3.8) is 0 Å². The maximum absolute atomic E-state index is 13.7. The van der Waals surface area contributed by atoms with Crippen LogP contribution in [0.4, 0.5) is 10.1 Å². The largest absolute Gasteiger partial charge is 0.493 e. The van der Waals surface area contributed by atoms with Crippen LogP contribution in [0.3, 0.4) is 0 Å². The summed E-state index contributed by atoms with van der Waals surface area (Å²) in [6.07, 6.45) is 0.225. The minimum atomic E-state index is -0.594. The van der Waals surface area contributed by atoms with Crippen LogP contribution in [0.2, 0.25) is 0 Å². The maximum atomic E-state index is 13.7. The summed E-state index contributed by atoms with van der Waals surface area (Å²) in [5, 5.41) is 2.76. The highest BCUT2D eigenvalue weighted by molar-refractivity contribution is 9.10. The molecule has 5 nitrogen and oxygen atoms in total. The second kappa shape index (κ2) is 8.71. The van der Waals surface area contributed by atoms with Gasteiger partial charge >= 0.3 is 0 Å². The van der Waals surface area contributed by atoms with E-state index in [4.69, 9.17) is 14.2 Å². The number of hydrogen-bond acceptors (Lipinski definition) is 4. The van der Waals surface area contributed by atoms with Crippen molar-refractivity contribution in [3.8, 4) is 17.2 Å². The van der Waals surface area contributed by atoms with E-state index in [1.54, 1.807) is 30.3 Å². The van der Waals surface area contributed by atoms with Crippen LogP contribution >= 0.6 is 15.9 Å². The fourth-order valence-electron chi connectivity index (χ4n) is 2.32. The molecule has 7 heteroatoms. The molecule has 2 rings (SSSR count). The molecule has 0 spiro atoms. The van der Waals surface area contributed by atoms with E-state index in [1.807, 2.05) is 0 Å². The Bertz CT molecular complexity index is 729. The number of hydrogen-bond donors (Lipinski definition) is 1. The molecule has 134 valence electrons. The molecule has 0 aromatic heterocycles. The average Bonchev–Trinajstić information content (AvgIpc) is 2.62. The van der Waals surface area contributed by atoms with Gasteiger partial charge in [0.1, 0.15) is 5.82 Å². The van der Waals surface area contributed by atoms with Gasteiger partial charge in [0.05, 0.1) is 26.2 Å². The van der Waals surface area contributed by atoms with Crippen LogP contribution in [0.5, 0.6) is 17.2 Å². The lowest BCUT2D eigenvalue weighted by molar-refractivity contribution is -0.115. The number of methoxy groups -OCH3 is 3. The Balaban J connectivity index is 2.15. The molecule has 1 N–H and O–H groups in total. The van der Waals surface area contributed by atoms with Crippen LogP contribution in [-0.2, 0) is 11.2 Å². The van der Waals surface area contributed by atoms with Gasteiger partial charge in [-0.05, 0) is 18.1 Å². The minimum absolute atomic E-state index is 0.225. The van der Waals surface area contributed by atoms with Gasteiger partial charge in [0.2, 0.25) is 11.7 Å². The fourth-order valence-corrected chi connectivity index (χ4v) is 2.79. The lowest BCUT2D eigenvalue weighted by Gasteiger charge is -2.16. The van der Waals surface area contributed by atoms with Crippen molar-refractivity contribution < 1.29 is 23.4 Å². The van der Waals surface area contributed by atoms with Crippen molar-refractivity contribution in [1.82, 2.24) is 0 Å². The molecule has 0 heterocycles. The van der Waals surface area contributed by atoms with Crippen LogP contribution in [0.1, 0.15) is 5.56 Å². The van der Waals surface area contributed by atoms with Crippen molar-refractivity contribution in [2.24, 2.45) is 0 Å². The third kappa shape index (κ3) is 4.63. The van der Waals surface area contributed by atoms with Gasteiger partial charge in [-0.15, -0.1) is 0 Å². The molecule has 0 aliphatic carbocycles. The number of alkyl halides is 1. The second-order valence-corrected chi connectivity index (χ2v) is 6.27. The molecule has 0 radical (unpaired) electrons. The topological polar surface area (TPSA) is 56.8 Å². The van der Waals surface area contributed by atoms with Crippen LogP contribution in [-0.4, -0.2) is 32.1 Å². The number of amides is 1. The molecular weight excluding hydrogens is 393 g/mol. The Hall–Kier alpha value is -2.28. The lowest BCUT2D eigenvalue weighted by atomic mass is 10.1. The fraction of sp³-hybridized carbons (Fsp3) is 0.278. The molecule has 1 atom stereocenters. The zero-order chi connectivity index (χ0) is 18.4. The van der Waals surface area contributed by atoms with Gasteiger partial charge in [-0.3, -0.25) is 4.79 Å². The van der Waals surface area contributed by atoms with E-state index < -0.39 is 4.83 Å². The van der Waals surface area contributed by atoms with Gasteiger partial charge < -0.3 is 19.5 Å². The molecular formula is C18H19BrFNO4. The second-order valence-electron chi connectivity index (χ2n) is 5.17. The first-order chi connectivity index (χ1) is 12.0. The molecule has 0 bridgehead atoms. The van der Waals surface area contributed by atoms with Crippen LogP contribution < -0.4 is 19.5 Å². The summed E-state index contributed by atoms with van der Waals surface area (Å²) in [6, 6.07) is 9.61. The van der Waals surface area contributed by atoms with Crippen molar-refractivity contribution in [3.05, 3.63) is 47.8 Å². The van der Waals surface area contributed by atoms with E-state index in [2.05, 4.69) is 21.2 Å². The zero-order valence-electron chi connectivity index (χ0n) is 14.1. The molecule has 0 saturated carbocycles. The van der Waals surface area contributed by atoms with Crippen molar-refractivity contribution >= 4 is 27.5 Å². The highest BCUT2D eigenvalue weighted by atomic mass is 79.9. The van der Waals surface area contributed by atoms with Gasteiger partial charge in [0.25, 0.3) is 0 Å². The van der Waals surface area contributed by atoms with Crippen molar-refractivity contribution in [2.75, 3.05) is 26.6 Å². The first-order valence-corrected chi connectivity index (χ1v) is 8.40. The standard InChI is InChI=1S/C18H19BrFNO4/c1-23-15-9-12(10-16(24-2)17(15)25-3)21-18(22)13(19)8-11-6-4-5-7-14(11)20/h4-7,9-10,13H,8H2,1-3H3,(H,21,22). The van der Waals surface area contributed by atoms with E-state index in [1.165, 1.54) is 27.4 Å². The predicted octanol–water partition coefficient (Wildman–Crippen LogP) is 3.80. The Morgan fingerprint density at radius 3 is 2.24 bits per heavy atom. The summed E-state index contributed by atoms with van der Waals surface area (Å²) >= 11 is 3.31. The molecule has 0 aliphatic rings. The average molecular weight is 412 g/mol. The molecule has 2 aromatic rings. The van der Waals surface area contributed by atoms with Crippen molar-refractivity contribution in [2.45, 2.75) is 11.2 Å². The molecule has 0 fully saturated rings. The molecule has 0 saturated heterocycles. The predicted molar refractivity (Wildman–Crippen MR) is 97.5 cm³/mol. The van der Waals surface area contributed by atoms with E-state index in [0.29, 0.717) is 28.5 Å². The summed E-state index contributed by atoms with van der Waals surface area (Å²) in [6.45, 7) is 0. The van der Waals surface area contributed by atoms with Gasteiger partial charge in [-0.1, -0.05) is 34.1 Å². The summed E-state index contributed by atoms with van der Waals surface area (Å²) in [4.78, 5) is 11.8. The number of halogens is 2. The SMILES string of the molecule is COc1cc(NC(=O)C(Br)Cc2ccccc2F)cc(OC)c1OC. The molecule has 0 aliphatic heterocycles. The number of carbonyl (C=O) groups is 1. The maximum Gasteiger partial charge on any atom is 0.238 e. The van der Waals surface area contributed by atoms with Gasteiger partial charge in [-0.25, -0.2) is 4.39 Å². The number of anilines is 1. The normalized spacial score (nSPS) is 11.6. The Kier molecular flexibility index (Phi) is 6.64. The monoisotopic (exact) mass is 411 g/mol. The van der Waals surface area contributed by atoms with Gasteiger partial charge in [-0.2, -0.15) is 0 Å². The number of carbonyl (C=O) groups excluding carboxylic acids is 1. The van der Waals surface area contributed by atoms with E-state index in [0.717, 1.165) is 0 Å². The van der Waals surface area contributed by atoms with Crippen molar-refractivity contribution in [1.29, 1.82) is 0 Å². The first-order valence-electron chi connectivity index (χ1n) is 7.48. The summed E-state index contributed by atoms with van der Waals surface area (Å²) in [5.74, 6) is 0.643. The van der Waals surface area contributed by atoms with E-state index in [9.17, 15) is 9.18 Å². The Morgan fingerprint density at radius 1 is 1.12 bits per heavy atom. The molecule has 1 amide bonds. The summed E-state index contributed by atoms with van der Waals surface area (Å²) in [7, 11) is 4.49. The molecule has 25 heavy (non-hydrogen) atoms. The van der Waals surface area contributed by atoms with Crippen LogP contribution in [0, 0.1) is 5.82 Å². The molecule has 2 aromatic carbocycles. The lowest BCUT2D eigenvalue weighted by Crippen LogP contribution is -2.25. The number of nitrogens with one attached hydrogen (secondary N) is 1. The highest BCUT2D eigenvalue weighted by Gasteiger charge is 2.19. The van der Waals surface area contributed by atoms with E-state index >= 15 is 0 Å².